The molecule has 94 valence electrons. The van der Waals surface area contributed by atoms with Gasteiger partial charge in [-0.25, -0.2) is 4.39 Å². The van der Waals surface area contributed by atoms with E-state index in [0.717, 1.165) is 18.5 Å². The average molecular weight is 237 g/mol. The van der Waals surface area contributed by atoms with Crippen molar-refractivity contribution < 1.29 is 9.13 Å². The van der Waals surface area contributed by atoms with Gasteiger partial charge in [-0.3, -0.25) is 0 Å². The van der Waals surface area contributed by atoms with Crippen molar-refractivity contribution in [2.45, 2.75) is 38.4 Å². The van der Waals surface area contributed by atoms with Crippen molar-refractivity contribution in [3.8, 4) is 5.75 Å². The van der Waals surface area contributed by atoms with Crippen molar-refractivity contribution in [1.29, 1.82) is 0 Å². The van der Waals surface area contributed by atoms with E-state index in [-0.39, 0.29) is 0 Å². The van der Waals surface area contributed by atoms with Gasteiger partial charge in [0.25, 0.3) is 0 Å². The van der Waals surface area contributed by atoms with E-state index >= 15 is 0 Å². The fraction of sp³-hybridized carbons (Fsp3) is 0.571. The summed E-state index contributed by atoms with van der Waals surface area (Å²) in [6.45, 7) is 2.65. The summed E-state index contributed by atoms with van der Waals surface area (Å²) in [5.41, 5.74) is 1.78. The van der Waals surface area contributed by atoms with E-state index in [4.69, 9.17) is 4.74 Å². The molecule has 2 nitrogen and oxygen atoms in total. The molecular formula is C14H20FNO. The Morgan fingerprint density at radius 2 is 2.35 bits per heavy atom. The average Bonchev–Trinajstić information content (AvgIpc) is 2.81. The maximum atomic E-state index is 13.7. The SMILES string of the molecule is COc1cccc(CC2CCCN2)c1C(C)F. The van der Waals surface area contributed by atoms with Crippen LogP contribution in [0.1, 0.15) is 37.1 Å². The summed E-state index contributed by atoms with van der Waals surface area (Å²) >= 11 is 0. The molecular weight excluding hydrogens is 217 g/mol. The summed E-state index contributed by atoms with van der Waals surface area (Å²) in [5, 5.41) is 3.45. The Morgan fingerprint density at radius 1 is 1.53 bits per heavy atom. The second kappa shape index (κ2) is 5.50. The molecule has 2 atom stereocenters. The zero-order valence-electron chi connectivity index (χ0n) is 10.5. The second-order valence-corrected chi connectivity index (χ2v) is 4.65. The number of methoxy groups -OCH3 is 1. The van der Waals surface area contributed by atoms with Gasteiger partial charge in [-0.05, 0) is 44.4 Å². The van der Waals surface area contributed by atoms with Gasteiger partial charge in [-0.15, -0.1) is 0 Å². The largest absolute Gasteiger partial charge is 0.496 e. The zero-order valence-corrected chi connectivity index (χ0v) is 10.5. The van der Waals surface area contributed by atoms with E-state index in [1.165, 1.54) is 12.8 Å². The summed E-state index contributed by atoms with van der Waals surface area (Å²) in [5.74, 6) is 0.662. The first kappa shape index (κ1) is 12.4. The van der Waals surface area contributed by atoms with Gasteiger partial charge >= 0.3 is 0 Å². The van der Waals surface area contributed by atoms with Crippen molar-refractivity contribution in [3.05, 3.63) is 29.3 Å². The Bertz CT molecular complexity index is 372. The van der Waals surface area contributed by atoms with Gasteiger partial charge < -0.3 is 10.1 Å². The molecule has 1 N–H and O–H groups in total. The fourth-order valence-electron chi connectivity index (χ4n) is 2.59. The molecule has 2 unspecified atom stereocenters. The van der Waals surface area contributed by atoms with Gasteiger partial charge in [0.1, 0.15) is 11.9 Å². The van der Waals surface area contributed by atoms with Gasteiger partial charge in [0, 0.05) is 11.6 Å². The van der Waals surface area contributed by atoms with Crippen molar-refractivity contribution in [2.75, 3.05) is 13.7 Å². The van der Waals surface area contributed by atoms with Gasteiger partial charge in [0.15, 0.2) is 0 Å². The minimum atomic E-state index is -0.984. The highest BCUT2D eigenvalue weighted by Crippen LogP contribution is 2.32. The van der Waals surface area contributed by atoms with E-state index in [2.05, 4.69) is 5.32 Å². The number of benzene rings is 1. The minimum Gasteiger partial charge on any atom is -0.496 e. The molecule has 2 rings (SSSR count). The van der Waals surface area contributed by atoms with Gasteiger partial charge in [-0.1, -0.05) is 12.1 Å². The molecule has 0 saturated carbocycles. The zero-order chi connectivity index (χ0) is 12.3. The number of halogens is 1. The van der Waals surface area contributed by atoms with Crippen LogP contribution in [0.15, 0.2) is 18.2 Å². The second-order valence-electron chi connectivity index (χ2n) is 4.65. The molecule has 0 amide bonds. The predicted molar refractivity (Wildman–Crippen MR) is 67.2 cm³/mol. The number of hydrogen-bond acceptors (Lipinski definition) is 2. The highest BCUT2D eigenvalue weighted by Gasteiger charge is 2.20. The summed E-state index contributed by atoms with van der Waals surface area (Å²) in [6, 6.07) is 6.26. The van der Waals surface area contributed by atoms with Crippen LogP contribution in [0, 0.1) is 0 Å². The van der Waals surface area contributed by atoms with Crippen LogP contribution in [-0.2, 0) is 6.42 Å². The molecule has 1 aromatic carbocycles. The third kappa shape index (κ3) is 2.78. The molecule has 1 aliphatic heterocycles. The summed E-state index contributed by atoms with van der Waals surface area (Å²) in [7, 11) is 1.60. The number of rotatable bonds is 4. The molecule has 1 heterocycles. The molecule has 0 bridgehead atoms. The quantitative estimate of drug-likeness (QED) is 0.869. The van der Waals surface area contributed by atoms with Crippen molar-refractivity contribution >= 4 is 0 Å². The van der Waals surface area contributed by atoms with Gasteiger partial charge in [0.2, 0.25) is 0 Å². The third-order valence-electron chi connectivity index (χ3n) is 3.40. The Hall–Kier alpha value is -1.09. The highest BCUT2D eigenvalue weighted by molar-refractivity contribution is 5.42. The lowest BCUT2D eigenvalue weighted by atomic mass is 9.96. The van der Waals surface area contributed by atoms with E-state index < -0.39 is 6.17 Å². The number of ether oxygens (including phenoxy) is 1. The van der Waals surface area contributed by atoms with Crippen LogP contribution in [0.4, 0.5) is 4.39 Å². The maximum Gasteiger partial charge on any atom is 0.126 e. The van der Waals surface area contributed by atoms with Crippen LogP contribution >= 0.6 is 0 Å². The Morgan fingerprint density at radius 3 is 2.94 bits per heavy atom. The van der Waals surface area contributed by atoms with E-state index in [9.17, 15) is 4.39 Å². The number of hydrogen-bond donors (Lipinski definition) is 1. The van der Waals surface area contributed by atoms with Gasteiger partial charge in [-0.2, -0.15) is 0 Å². The molecule has 0 spiro atoms. The van der Waals surface area contributed by atoms with Gasteiger partial charge in [0.05, 0.1) is 7.11 Å². The highest BCUT2D eigenvalue weighted by atomic mass is 19.1. The first-order valence-corrected chi connectivity index (χ1v) is 6.25. The van der Waals surface area contributed by atoms with Crippen molar-refractivity contribution in [1.82, 2.24) is 5.32 Å². The predicted octanol–water partition coefficient (Wildman–Crippen LogP) is 3.02. The van der Waals surface area contributed by atoms with E-state index in [1.54, 1.807) is 14.0 Å². The van der Waals surface area contributed by atoms with Crippen LogP contribution in [-0.4, -0.2) is 19.7 Å². The normalized spacial score (nSPS) is 21.5. The molecule has 1 saturated heterocycles. The van der Waals surface area contributed by atoms with E-state index in [0.29, 0.717) is 17.4 Å². The molecule has 1 fully saturated rings. The lowest BCUT2D eigenvalue weighted by molar-refractivity contribution is 0.343. The molecule has 1 aliphatic rings. The molecule has 0 aliphatic carbocycles. The van der Waals surface area contributed by atoms with Crippen LogP contribution in [0.2, 0.25) is 0 Å². The number of nitrogens with one attached hydrogen (secondary N) is 1. The Kier molecular flexibility index (Phi) is 4.00. The Labute approximate surface area is 102 Å². The summed E-state index contributed by atoms with van der Waals surface area (Å²) in [4.78, 5) is 0. The first-order valence-electron chi connectivity index (χ1n) is 6.25. The lowest BCUT2D eigenvalue weighted by Crippen LogP contribution is -2.24. The van der Waals surface area contributed by atoms with Crippen molar-refractivity contribution in [2.24, 2.45) is 0 Å². The standard InChI is InChI=1S/C14H20FNO/c1-10(15)14-11(5-3-7-13(14)17-2)9-12-6-4-8-16-12/h3,5,7,10,12,16H,4,6,8-9H2,1-2H3. The van der Waals surface area contributed by atoms with Crippen LogP contribution in [0.3, 0.4) is 0 Å². The fourth-order valence-corrected chi connectivity index (χ4v) is 2.59. The molecule has 17 heavy (non-hydrogen) atoms. The molecule has 0 aromatic heterocycles. The van der Waals surface area contributed by atoms with E-state index in [1.807, 2.05) is 18.2 Å². The summed E-state index contributed by atoms with van der Waals surface area (Å²) in [6.07, 6.45) is 2.30. The minimum absolute atomic E-state index is 0.486. The van der Waals surface area contributed by atoms with Crippen molar-refractivity contribution in [3.63, 3.8) is 0 Å². The van der Waals surface area contributed by atoms with Crippen LogP contribution < -0.4 is 10.1 Å². The first-order chi connectivity index (χ1) is 8.22. The topological polar surface area (TPSA) is 21.3 Å². The maximum absolute atomic E-state index is 13.7. The Balaban J connectivity index is 2.25. The third-order valence-corrected chi connectivity index (χ3v) is 3.40. The monoisotopic (exact) mass is 237 g/mol. The molecule has 0 radical (unpaired) electrons. The number of alkyl halides is 1. The van der Waals surface area contributed by atoms with Crippen LogP contribution in [0.25, 0.3) is 0 Å². The smallest absolute Gasteiger partial charge is 0.126 e. The lowest BCUT2D eigenvalue weighted by Gasteiger charge is -2.17. The van der Waals surface area contributed by atoms with Crippen LogP contribution in [0.5, 0.6) is 5.75 Å². The molecule has 3 heteroatoms. The summed E-state index contributed by atoms with van der Waals surface area (Å²) < 4.78 is 19.0. The molecule has 1 aromatic rings.